The monoisotopic (exact) mass is 2060 g/mol. The number of guanidine groups is 1. The lowest BCUT2D eigenvalue weighted by molar-refractivity contribution is -0.143. The van der Waals surface area contributed by atoms with Crippen LogP contribution in [0.4, 0.5) is 4.39 Å². The second-order valence-electron chi connectivity index (χ2n) is 35.9. The largest absolute Gasteiger partial charge is 0.508 e. The van der Waals surface area contributed by atoms with Gasteiger partial charge in [-0.1, -0.05) is 38.5 Å². The number of nitrogens with zero attached hydrogens (tertiary/aromatic N) is 3. The van der Waals surface area contributed by atoms with Crippen LogP contribution in [0.5, 0.6) is 28.7 Å². The summed E-state index contributed by atoms with van der Waals surface area (Å²) in [4.78, 5) is 265. The van der Waals surface area contributed by atoms with Crippen LogP contribution in [0.1, 0.15) is 182 Å². The lowest BCUT2D eigenvalue weighted by atomic mass is 9.77. The van der Waals surface area contributed by atoms with Crippen molar-refractivity contribution in [2.24, 2.45) is 28.9 Å². The summed E-state index contributed by atoms with van der Waals surface area (Å²) in [5.41, 5.74) is 22.7. The summed E-state index contributed by atoms with van der Waals surface area (Å²) in [6.07, 6.45) is 2.44. The smallest absolute Gasteiger partial charge is 0.340 e. The number of nitrogens with two attached hydrogens (primary N) is 4. The predicted molar refractivity (Wildman–Crippen MR) is 520 cm³/mol. The van der Waals surface area contributed by atoms with Gasteiger partial charge in [-0.3, -0.25) is 82.1 Å². The van der Waals surface area contributed by atoms with E-state index < -0.39 is 234 Å². The molecule has 2 aromatic heterocycles. The number of primary amides is 2. The number of hydrogen-bond donors (Lipinski definition) is 27. The maximum Gasteiger partial charge on any atom is 0.340 e. The zero-order valence-corrected chi connectivity index (χ0v) is 81.1. The molecule has 5 aromatic carbocycles. The number of aliphatic carboxylic acids is 1. The molecule has 2 unspecified atom stereocenters. The van der Waals surface area contributed by atoms with Gasteiger partial charge in [0.15, 0.2) is 11.6 Å². The topological polar surface area (TPSA) is 804 Å². The summed E-state index contributed by atoms with van der Waals surface area (Å²) in [6.45, 7) is 2.07. The van der Waals surface area contributed by atoms with Gasteiger partial charge in [0, 0.05) is 122 Å². The first-order chi connectivity index (χ1) is 70.6. The molecule has 51 heteroatoms. The van der Waals surface area contributed by atoms with Crippen molar-refractivity contribution in [2.75, 3.05) is 39.4 Å². The lowest BCUT2D eigenvalue weighted by Gasteiger charge is -2.36. The molecular weight excluding hydrogens is 1940 g/mol. The van der Waals surface area contributed by atoms with E-state index in [1.54, 1.807) is 13.8 Å². The number of aliphatic hydroxyl groups is 2. The Morgan fingerprint density at radius 2 is 0.953 bits per heavy atom. The molecule has 50 nitrogen and oxygen atoms in total. The SMILES string of the molecule is CC[C@H](C)[C@H](NC(=O)[C@H](Cc1cnc[nH]1)NC(=O)[C@H](CCCNC(=N)N)NC(=O)[C@H](Cc1ccc(O)cc1)NC(=O)[C@H](Cc1cnc[nH]1)NC(=O)[C@H](CO)NC(=O)[C@@H](N)CCC(N)=O)C(=O)N[C@@H](CO)C(=O)N1CCC[C@H]1C(=O)N[C@@H](C)C(=O)N[C@@H](CCC(N)=O)C(=O)NC(CCCCNC(=O)c1ccc([18F])cc1)C(=O)NC(CCCCNC(=O)c1ccc2c(c1)C(=O)OC21c2ccc(O)cc2Oc2cc(O)ccc21)C(=O)O. The number of carboxylic acid groups (broad SMARTS) is 1. The highest BCUT2D eigenvalue weighted by Gasteiger charge is 2.54. The van der Waals surface area contributed by atoms with Gasteiger partial charge in [0.25, 0.3) is 11.8 Å². The van der Waals surface area contributed by atoms with Crippen LogP contribution in [0.2, 0.25) is 0 Å². The Morgan fingerprint density at radius 1 is 0.500 bits per heavy atom. The van der Waals surface area contributed by atoms with E-state index in [0.29, 0.717) is 22.3 Å². The van der Waals surface area contributed by atoms with Gasteiger partial charge in [0.1, 0.15) is 107 Å². The van der Waals surface area contributed by atoms with Gasteiger partial charge in [-0.15, -0.1) is 0 Å². The van der Waals surface area contributed by atoms with Gasteiger partial charge < -0.3 is 152 Å². The first-order valence-corrected chi connectivity index (χ1v) is 47.8. The van der Waals surface area contributed by atoms with E-state index in [1.165, 1.54) is 123 Å². The molecule has 10 rings (SSSR count). The van der Waals surface area contributed by atoms with Crippen molar-refractivity contribution >= 4 is 112 Å². The number of nitrogens with one attached hydrogen (secondary N) is 17. The van der Waals surface area contributed by atoms with Crippen LogP contribution in [-0.4, -0.2) is 286 Å². The Kier molecular flexibility index (Phi) is 41.1. The average Bonchev–Trinajstić information content (AvgIpc) is 1.50. The van der Waals surface area contributed by atoms with Crippen LogP contribution in [0.3, 0.4) is 0 Å². The van der Waals surface area contributed by atoms with E-state index in [1.807, 2.05) is 0 Å². The van der Waals surface area contributed by atoms with Gasteiger partial charge in [0.2, 0.25) is 82.7 Å². The minimum absolute atomic E-state index is 0.0113. The number of rotatable bonds is 56. The number of likely N-dealkylation sites (tertiary alicyclic amines) is 1. The normalized spacial score (nSPS) is 15.6. The highest BCUT2D eigenvalue weighted by molar-refractivity contribution is 6.04. The van der Waals surface area contributed by atoms with Crippen LogP contribution in [0.15, 0.2) is 128 Å². The van der Waals surface area contributed by atoms with E-state index in [9.17, 15) is 117 Å². The number of fused-ring (bicyclic) bond motifs is 6. The first-order valence-electron chi connectivity index (χ1n) is 47.8. The number of unbranched alkanes of at least 4 members (excludes halogenated alkanes) is 2. The summed E-state index contributed by atoms with van der Waals surface area (Å²) in [6, 6.07) is 1.96. The third-order valence-electron chi connectivity index (χ3n) is 25.0. The maximum absolute atomic E-state index is 15.0. The third kappa shape index (κ3) is 31.4. The number of aromatic amines is 2. The number of aromatic nitrogens is 4. The van der Waals surface area contributed by atoms with Crippen molar-refractivity contribution < 1.29 is 131 Å². The van der Waals surface area contributed by atoms with Crippen LogP contribution in [-0.2, 0) is 102 Å². The van der Waals surface area contributed by atoms with Crippen molar-refractivity contribution in [3.05, 3.63) is 184 Å². The van der Waals surface area contributed by atoms with E-state index in [4.69, 9.17) is 37.8 Å². The maximum atomic E-state index is 15.0. The molecule has 0 radical (unpaired) electrons. The molecule has 1 spiro atoms. The molecule has 7 aromatic rings. The quantitative estimate of drug-likeness (QED) is 0.00771. The number of aliphatic hydroxyl groups excluding tert-OH is 2. The minimum Gasteiger partial charge on any atom is -0.508 e. The summed E-state index contributed by atoms with van der Waals surface area (Å²) >= 11 is 0. The number of phenolic OH excluding ortho intramolecular Hbond substituents is 3. The number of carbonyl (C=O) groups excluding carboxylic acids is 17. The summed E-state index contributed by atoms with van der Waals surface area (Å²) in [7, 11) is 0. The number of amides is 16. The fourth-order valence-electron chi connectivity index (χ4n) is 16.7. The summed E-state index contributed by atoms with van der Waals surface area (Å²) in [5, 5.41) is 106. The molecule has 14 atom stereocenters. The third-order valence-corrected chi connectivity index (χ3v) is 25.0. The number of carboxylic acids is 1. The molecule has 31 N–H and O–H groups in total. The minimum atomic E-state index is -1.82. The molecule has 0 bridgehead atoms. The molecule has 1 fully saturated rings. The lowest BCUT2D eigenvalue weighted by Crippen LogP contribution is -2.62. The number of aromatic hydroxyl groups is 3. The predicted octanol–water partition coefficient (Wildman–Crippen LogP) is -3.23. The first kappa shape index (κ1) is 113. The molecule has 0 aliphatic carbocycles. The van der Waals surface area contributed by atoms with Gasteiger partial charge in [-0.25, -0.2) is 23.9 Å². The van der Waals surface area contributed by atoms with E-state index in [2.05, 4.69) is 94.4 Å². The standard InChI is InChI=1S/C97H123FN24O26/c1-4-49(2)79(121-89(139)71(40-56-44-105-48-110-56)117-85(135)66(13-9-35-108-96(102)103)114-87(137)69(37-51-15-22-57(125)23-16-51)116-88(138)70(39-55-43-104-47-109-55)118-90(140)72(45-123)119-83(133)64(99)29-31-77(100)128)92(142)120-73(46-124)93(143)122-36-10-14-74(122)91(141)111-50(3)80(130)112-67(30-32-78(101)129)86(136)113-65(11-5-7-33-106-81(131)52-17-20-54(98)21-18-52)84(134)115-68(94(144)145)12-6-8-34-107-82(132)53-19-26-61-60(38-53)95(146)148-97(61)62-27-24-58(126)41-75(62)147-76-42-59(127)25-28-63(76)97/h15-28,38,41-44,47-50,64-74,79,123-127H,4-14,29-37,39-40,45-46,99H2,1-3H3,(H2,100,128)(H2,101,129)(H,104,109)(H,105,110)(H,106,131)(H,107,132)(H,111,141)(H,112,130)(H,113,136)(H,114,137)(H,115,134)(H,116,138)(H,117,135)(H,118,140)(H,119,133)(H,120,142)(H,121,139)(H,144,145)(H4,102,103,108)/t49-,50-,64-,65?,66-,67-,68?,69-,70-,71-,72-,73-,74-,79-/m0/s1/i98-1. The van der Waals surface area contributed by atoms with Gasteiger partial charge in [-0.2, -0.15) is 0 Å². The number of imidazole rings is 2. The molecule has 5 heterocycles. The molecule has 16 amide bonds. The molecule has 1 saturated heterocycles. The number of esters is 1. The zero-order chi connectivity index (χ0) is 108. The number of halogens is 1. The Morgan fingerprint density at radius 3 is 1.48 bits per heavy atom. The molecule has 794 valence electrons. The van der Waals surface area contributed by atoms with Crippen LogP contribution in [0, 0.1) is 17.1 Å². The molecule has 3 aliphatic rings. The Bertz CT molecular complexity index is 5910. The number of ether oxygens (including phenoxy) is 2. The van der Waals surface area contributed by atoms with E-state index in [-0.39, 0.29) is 186 Å². The van der Waals surface area contributed by atoms with Gasteiger partial charge in [-0.05, 0) is 168 Å². The Labute approximate surface area is 845 Å². The summed E-state index contributed by atoms with van der Waals surface area (Å²) < 4.78 is 25.8. The van der Waals surface area contributed by atoms with Gasteiger partial charge in [0.05, 0.1) is 37.5 Å². The average molecular weight is 2060 g/mol. The van der Waals surface area contributed by atoms with Crippen LogP contribution < -0.4 is 102 Å². The highest BCUT2D eigenvalue weighted by Crippen LogP contribution is 2.57. The zero-order valence-electron chi connectivity index (χ0n) is 81.1. The second-order valence-corrected chi connectivity index (χ2v) is 35.9. The van der Waals surface area contributed by atoms with Crippen molar-refractivity contribution in [3.8, 4) is 28.7 Å². The Balaban J connectivity index is 0.777. The highest BCUT2D eigenvalue weighted by atomic mass is 18.2. The van der Waals surface area contributed by atoms with Crippen LogP contribution >= 0.6 is 0 Å². The van der Waals surface area contributed by atoms with E-state index in [0.717, 1.165) is 17.0 Å². The van der Waals surface area contributed by atoms with Crippen molar-refractivity contribution in [3.63, 3.8) is 0 Å². The molecule has 148 heavy (non-hydrogen) atoms. The fourth-order valence-corrected chi connectivity index (χ4v) is 16.7. The van der Waals surface area contributed by atoms with Crippen LogP contribution in [0.25, 0.3) is 0 Å². The Hall–Kier alpha value is -16.7. The number of hydrogen-bond acceptors (Lipinski definition) is 29. The summed E-state index contributed by atoms with van der Waals surface area (Å²) in [5.74, 6) is -19.7. The van der Waals surface area contributed by atoms with Crippen molar-refractivity contribution in [1.29, 1.82) is 5.41 Å². The number of benzene rings is 5. The number of H-pyrrole nitrogens is 2. The van der Waals surface area contributed by atoms with Crippen molar-refractivity contribution in [1.82, 2.24) is 99.3 Å². The molecule has 0 saturated carbocycles. The van der Waals surface area contributed by atoms with Gasteiger partial charge >= 0.3 is 11.9 Å². The molecule has 3 aliphatic heterocycles. The molecular formula is C97H123FN24O26. The second kappa shape index (κ2) is 53.7. The number of carbonyl (C=O) groups is 18. The fraction of sp³-hybridized carbons (Fsp3) is 0.433. The van der Waals surface area contributed by atoms with E-state index >= 15 is 4.79 Å². The van der Waals surface area contributed by atoms with Crippen molar-refractivity contribution in [2.45, 2.75) is 220 Å². The number of phenols is 3.